The normalized spacial score (nSPS) is 9.81. The summed E-state index contributed by atoms with van der Waals surface area (Å²) >= 11 is 7.87. The second-order valence-electron chi connectivity index (χ2n) is 3.15. The van der Waals surface area contributed by atoms with Gasteiger partial charge in [0.15, 0.2) is 0 Å². The Morgan fingerprint density at radius 2 is 1.88 bits per heavy atom. The number of hydrogen-bond acceptors (Lipinski definition) is 2. The average Bonchev–Trinajstić information content (AvgIpc) is 2.29. The molecule has 0 aromatic heterocycles. The number of carbonyl (C=O) groups is 1. The van der Waals surface area contributed by atoms with Gasteiger partial charge in [-0.05, 0) is 35.1 Å². The van der Waals surface area contributed by atoms with Crippen molar-refractivity contribution >= 4 is 50.0 Å². The molecule has 78 valence electrons. The van der Waals surface area contributed by atoms with Crippen LogP contribution in [0.2, 0.25) is 0 Å². The van der Waals surface area contributed by atoms with Crippen molar-refractivity contribution in [2.75, 3.05) is 0 Å². The maximum atomic E-state index is 11.7. The van der Waals surface area contributed by atoms with Crippen LogP contribution < -0.4 is 0 Å². The first kappa shape index (κ1) is 11.1. The Bertz CT molecular complexity index is 617. The Hall–Kier alpha value is -1.35. The van der Waals surface area contributed by atoms with Crippen molar-refractivity contribution in [3.05, 3.63) is 46.4 Å². The first-order valence-electron chi connectivity index (χ1n) is 4.53. The van der Waals surface area contributed by atoms with Gasteiger partial charge in [-0.2, -0.15) is 4.99 Å². The summed E-state index contributed by atoms with van der Waals surface area (Å²) in [7, 11) is 0. The van der Waals surface area contributed by atoms with Crippen LogP contribution in [0.1, 0.15) is 10.4 Å². The maximum absolute atomic E-state index is 11.7. The fraction of sp³-hybridized carbons (Fsp3) is 0. The average molecular weight is 292 g/mol. The van der Waals surface area contributed by atoms with Gasteiger partial charge >= 0.3 is 0 Å². The van der Waals surface area contributed by atoms with E-state index in [0.29, 0.717) is 5.56 Å². The number of halogens is 1. The SMILES string of the molecule is O=C(N=C=S)c1cccc2c(Br)cccc12. The van der Waals surface area contributed by atoms with E-state index < -0.39 is 0 Å². The molecule has 2 aromatic carbocycles. The van der Waals surface area contributed by atoms with Gasteiger partial charge in [0, 0.05) is 4.47 Å². The molecule has 1 amide bonds. The summed E-state index contributed by atoms with van der Waals surface area (Å²) in [6, 6.07) is 11.2. The molecular formula is C12H6BrNOS. The quantitative estimate of drug-likeness (QED) is 0.590. The Morgan fingerprint density at radius 3 is 2.62 bits per heavy atom. The lowest BCUT2D eigenvalue weighted by atomic mass is 10.0. The van der Waals surface area contributed by atoms with Crippen LogP contribution in [0.25, 0.3) is 10.8 Å². The third-order valence-corrected chi connectivity index (χ3v) is 3.03. The van der Waals surface area contributed by atoms with Crippen LogP contribution in [-0.4, -0.2) is 11.1 Å². The minimum absolute atomic E-state index is 0.362. The number of benzene rings is 2. The molecule has 0 bridgehead atoms. The Kier molecular flexibility index (Phi) is 3.25. The lowest BCUT2D eigenvalue weighted by Gasteiger charge is -2.03. The van der Waals surface area contributed by atoms with Crippen molar-refractivity contribution in [3.63, 3.8) is 0 Å². The summed E-state index contributed by atoms with van der Waals surface area (Å²) in [5, 5.41) is 3.93. The van der Waals surface area contributed by atoms with E-state index in [4.69, 9.17) is 0 Å². The van der Waals surface area contributed by atoms with Gasteiger partial charge in [0.1, 0.15) is 0 Å². The highest BCUT2D eigenvalue weighted by Gasteiger charge is 2.09. The molecule has 2 aromatic rings. The van der Waals surface area contributed by atoms with Gasteiger partial charge in [-0.15, -0.1) is 0 Å². The first-order chi connectivity index (χ1) is 7.74. The van der Waals surface area contributed by atoms with Crippen molar-refractivity contribution < 1.29 is 4.79 Å². The van der Waals surface area contributed by atoms with Gasteiger partial charge in [0.2, 0.25) is 0 Å². The summed E-state index contributed by atoms with van der Waals surface area (Å²) in [5.41, 5.74) is 0.538. The topological polar surface area (TPSA) is 29.4 Å². The zero-order valence-electron chi connectivity index (χ0n) is 8.11. The minimum atomic E-state index is -0.362. The molecule has 0 spiro atoms. The zero-order chi connectivity index (χ0) is 11.5. The van der Waals surface area contributed by atoms with Gasteiger partial charge in [-0.1, -0.05) is 40.2 Å². The molecule has 0 fully saturated rings. The van der Waals surface area contributed by atoms with Gasteiger partial charge in [0.25, 0.3) is 5.91 Å². The molecule has 0 N–H and O–H groups in total. The van der Waals surface area contributed by atoms with E-state index in [9.17, 15) is 4.79 Å². The van der Waals surface area contributed by atoms with Crippen molar-refractivity contribution in [2.24, 2.45) is 4.99 Å². The molecule has 2 nitrogen and oxygen atoms in total. The fourth-order valence-corrected chi connectivity index (χ4v) is 2.14. The minimum Gasteiger partial charge on any atom is -0.266 e. The number of hydrogen-bond donors (Lipinski definition) is 0. The highest BCUT2D eigenvalue weighted by Crippen LogP contribution is 2.26. The van der Waals surface area contributed by atoms with Crippen LogP contribution in [0.5, 0.6) is 0 Å². The zero-order valence-corrected chi connectivity index (χ0v) is 10.5. The van der Waals surface area contributed by atoms with Gasteiger partial charge in [0.05, 0.1) is 10.7 Å². The smallest absolute Gasteiger partial charge is 0.266 e. The van der Waals surface area contributed by atoms with E-state index in [2.05, 4.69) is 38.3 Å². The third-order valence-electron chi connectivity index (χ3n) is 2.25. The molecular weight excluding hydrogens is 286 g/mol. The van der Waals surface area contributed by atoms with Crippen molar-refractivity contribution in [3.8, 4) is 0 Å². The van der Waals surface area contributed by atoms with Gasteiger partial charge in [-0.3, -0.25) is 4.79 Å². The molecule has 0 saturated heterocycles. The van der Waals surface area contributed by atoms with Gasteiger partial charge < -0.3 is 0 Å². The molecule has 0 radical (unpaired) electrons. The summed E-state index contributed by atoms with van der Waals surface area (Å²) in [4.78, 5) is 15.1. The molecule has 16 heavy (non-hydrogen) atoms. The van der Waals surface area contributed by atoms with Crippen molar-refractivity contribution in [1.29, 1.82) is 0 Å². The Labute approximate surface area is 106 Å². The number of aliphatic imine (C=N–C) groups is 1. The van der Waals surface area contributed by atoms with Crippen LogP contribution in [-0.2, 0) is 0 Å². The molecule has 0 aliphatic carbocycles. The number of rotatable bonds is 1. The second-order valence-corrected chi connectivity index (χ2v) is 4.19. The van der Waals surface area contributed by atoms with E-state index in [-0.39, 0.29) is 5.91 Å². The number of amides is 1. The molecule has 0 aliphatic heterocycles. The Balaban J connectivity index is 2.76. The fourth-order valence-electron chi connectivity index (χ4n) is 1.56. The number of thiocarbonyl (C=S) groups is 1. The highest BCUT2D eigenvalue weighted by molar-refractivity contribution is 9.10. The number of carbonyl (C=O) groups excluding carboxylic acids is 1. The van der Waals surface area contributed by atoms with E-state index >= 15 is 0 Å². The lowest BCUT2D eigenvalue weighted by Crippen LogP contribution is -1.95. The second kappa shape index (κ2) is 4.66. The van der Waals surface area contributed by atoms with E-state index in [1.54, 1.807) is 6.07 Å². The number of isothiocyanates is 1. The van der Waals surface area contributed by atoms with Gasteiger partial charge in [-0.25, -0.2) is 0 Å². The van der Waals surface area contributed by atoms with Crippen LogP contribution in [0.4, 0.5) is 0 Å². The van der Waals surface area contributed by atoms with Crippen LogP contribution >= 0.6 is 28.1 Å². The molecule has 0 unspecified atom stereocenters. The van der Waals surface area contributed by atoms with Crippen LogP contribution in [0.3, 0.4) is 0 Å². The number of fused-ring (bicyclic) bond motifs is 1. The first-order valence-corrected chi connectivity index (χ1v) is 5.73. The molecule has 0 aliphatic rings. The monoisotopic (exact) mass is 291 g/mol. The van der Waals surface area contributed by atoms with Crippen LogP contribution in [0.15, 0.2) is 45.9 Å². The summed E-state index contributed by atoms with van der Waals surface area (Å²) in [6.45, 7) is 0. The summed E-state index contributed by atoms with van der Waals surface area (Å²) in [5.74, 6) is -0.362. The van der Waals surface area contributed by atoms with Crippen molar-refractivity contribution in [1.82, 2.24) is 0 Å². The number of nitrogens with zero attached hydrogens (tertiary/aromatic N) is 1. The molecule has 4 heteroatoms. The highest BCUT2D eigenvalue weighted by atomic mass is 79.9. The summed E-state index contributed by atoms with van der Waals surface area (Å²) < 4.78 is 0.950. The van der Waals surface area contributed by atoms with E-state index in [0.717, 1.165) is 15.2 Å². The van der Waals surface area contributed by atoms with E-state index in [1.165, 1.54) is 0 Å². The maximum Gasteiger partial charge on any atom is 0.286 e. The lowest BCUT2D eigenvalue weighted by molar-refractivity contribution is 0.101. The molecule has 0 heterocycles. The molecule has 0 atom stereocenters. The molecule has 0 saturated carbocycles. The van der Waals surface area contributed by atoms with Crippen LogP contribution in [0, 0.1) is 0 Å². The Morgan fingerprint density at radius 1 is 1.19 bits per heavy atom. The standard InChI is InChI=1S/C12H6BrNOS/c13-11-6-2-3-8-9(11)4-1-5-10(8)12(15)14-7-16/h1-6H. The third kappa shape index (κ3) is 1.95. The summed E-state index contributed by atoms with van der Waals surface area (Å²) in [6.07, 6.45) is 0. The van der Waals surface area contributed by atoms with E-state index in [1.807, 2.05) is 30.3 Å². The van der Waals surface area contributed by atoms with Crippen molar-refractivity contribution in [2.45, 2.75) is 0 Å². The predicted octanol–water partition coefficient (Wildman–Crippen LogP) is 3.85. The largest absolute Gasteiger partial charge is 0.286 e. The molecule has 2 rings (SSSR count). The predicted molar refractivity (Wildman–Crippen MR) is 71.0 cm³/mol.